The lowest BCUT2D eigenvalue weighted by Gasteiger charge is -2.14. The lowest BCUT2D eigenvalue weighted by molar-refractivity contribution is -0.118. The quantitative estimate of drug-likeness (QED) is 0.764. The molecule has 2 unspecified atom stereocenters. The number of amides is 1. The first-order valence-electron chi connectivity index (χ1n) is 6.49. The molecule has 0 saturated carbocycles. The van der Waals surface area contributed by atoms with E-state index in [0.717, 1.165) is 5.75 Å². The molecular weight excluding hydrogens is 260 g/mol. The van der Waals surface area contributed by atoms with Gasteiger partial charge in [-0.25, -0.2) is 0 Å². The average Bonchev–Trinajstić information content (AvgIpc) is 2.37. The van der Waals surface area contributed by atoms with Gasteiger partial charge in [0.1, 0.15) is 0 Å². The van der Waals surface area contributed by atoms with Crippen molar-refractivity contribution in [3.63, 3.8) is 0 Å². The average molecular weight is 282 g/mol. The molecule has 2 N–H and O–H groups in total. The third-order valence-corrected chi connectivity index (χ3v) is 3.65. The number of pyridine rings is 1. The molecule has 2 atom stereocenters. The summed E-state index contributed by atoms with van der Waals surface area (Å²) in [4.78, 5) is 15.6. The molecule has 0 aliphatic rings. The van der Waals surface area contributed by atoms with Crippen LogP contribution < -0.4 is 5.32 Å². The van der Waals surface area contributed by atoms with Crippen LogP contribution in [0.15, 0.2) is 24.5 Å². The van der Waals surface area contributed by atoms with Crippen LogP contribution in [0.5, 0.6) is 0 Å². The molecule has 1 amide bonds. The van der Waals surface area contributed by atoms with Gasteiger partial charge in [-0.1, -0.05) is 6.92 Å². The molecule has 0 fully saturated rings. The van der Waals surface area contributed by atoms with Crippen molar-refractivity contribution in [2.24, 2.45) is 5.92 Å². The lowest BCUT2D eigenvalue weighted by Crippen LogP contribution is -2.30. The van der Waals surface area contributed by atoms with Gasteiger partial charge in [-0.15, -0.1) is 11.8 Å². The number of aliphatic hydroxyl groups is 1. The van der Waals surface area contributed by atoms with Crippen molar-refractivity contribution < 1.29 is 9.90 Å². The fourth-order valence-electron chi connectivity index (χ4n) is 1.75. The zero-order valence-corrected chi connectivity index (χ0v) is 12.3. The van der Waals surface area contributed by atoms with Gasteiger partial charge >= 0.3 is 0 Å². The van der Waals surface area contributed by atoms with Gasteiger partial charge in [-0.05, 0) is 37.0 Å². The summed E-state index contributed by atoms with van der Waals surface area (Å²) in [6.07, 6.45) is 3.92. The summed E-state index contributed by atoms with van der Waals surface area (Å²) >= 11 is 1.59. The smallest absolute Gasteiger partial charge is 0.230 e. The Morgan fingerprint density at radius 2 is 2.11 bits per heavy atom. The first-order valence-corrected chi connectivity index (χ1v) is 7.64. The second-order valence-corrected chi connectivity index (χ2v) is 5.83. The number of carbonyl (C=O) groups is 1. The number of aromatic nitrogens is 1. The maximum Gasteiger partial charge on any atom is 0.230 e. The Bertz CT molecular complexity index is 371. The van der Waals surface area contributed by atoms with E-state index in [1.807, 2.05) is 19.1 Å². The van der Waals surface area contributed by atoms with Crippen LogP contribution in [-0.2, 0) is 10.5 Å². The van der Waals surface area contributed by atoms with Crippen LogP contribution >= 0.6 is 11.8 Å². The number of carbonyl (C=O) groups excluding carboxylic acids is 1. The minimum Gasteiger partial charge on any atom is -0.393 e. The van der Waals surface area contributed by atoms with Crippen molar-refractivity contribution in [1.29, 1.82) is 0 Å². The zero-order chi connectivity index (χ0) is 14.1. The molecule has 0 spiro atoms. The van der Waals surface area contributed by atoms with Gasteiger partial charge in [0.05, 0.1) is 11.9 Å². The van der Waals surface area contributed by atoms with Crippen LogP contribution in [0.2, 0.25) is 0 Å². The summed E-state index contributed by atoms with van der Waals surface area (Å²) in [6, 6.07) is 3.91. The van der Waals surface area contributed by atoms with Crippen LogP contribution in [-0.4, -0.2) is 34.4 Å². The van der Waals surface area contributed by atoms with Gasteiger partial charge in [0.2, 0.25) is 5.91 Å². The predicted octanol–water partition coefficient (Wildman–Crippen LogP) is 1.84. The standard InChI is InChI=1S/C14H22N2O2S/c1-11(7-12(2)17)8-16-14(18)10-19-9-13-3-5-15-6-4-13/h3-6,11-12,17H,7-10H2,1-2H3,(H,16,18). The molecule has 19 heavy (non-hydrogen) atoms. The lowest BCUT2D eigenvalue weighted by atomic mass is 10.1. The van der Waals surface area contributed by atoms with Crippen LogP contribution in [0.25, 0.3) is 0 Å². The van der Waals surface area contributed by atoms with E-state index in [1.165, 1.54) is 5.56 Å². The molecule has 0 saturated heterocycles. The van der Waals surface area contributed by atoms with Gasteiger partial charge < -0.3 is 10.4 Å². The van der Waals surface area contributed by atoms with Crippen LogP contribution in [0.1, 0.15) is 25.8 Å². The molecule has 0 radical (unpaired) electrons. The van der Waals surface area contributed by atoms with Crippen molar-refractivity contribution in [2.45, 2.75) is 32.1 Å². The summed E-state index contributed by atoms with van der Waals surface area (Å²) in [5.41, 5.74) is 1.18. The van der Waals surface area contributed by atoms with E-state index < -0.39 is 0 Å². The topological polar surface area (TPSA) is 62.2 Å². The van der Waals surface area contributed by atoms with E-state index >= 15 is 0 Å². The monoisotopic (exact) mass is 282 g/mol. The molecule has 1 aromatic heterocycles. The minimum atomic E-state index is -0.312. The molecule has 106 valence electrons. The Labute approximate surface area is 119 Å². The van der Waals surface area contributed by atoms with Crippen molar-refractivity contribution >= 4 is 17.7 Å². The zero-order valence-electron chi connectivity index (χ0n) is 11.5. The maximum absolute atomic E-state index is 11.6. The maximum atomic E-state index is 11.6. The Hall–Kier alpha value is -1.07. The third kappa shape index (κ3) is 7.85. The van der Waals surface area contributed by atoms with Gasteiger partial charge in [-0.3, -0.25) is 9.78 Å². The fourth-order valence-corrected chi connectivity index (χ4v) is 2.56. The largest absolute Gasteiger partial charge is 0.393 e. The van der Waals surface area contributed by atoms with Crippen molar-refractivity contribution in [2.75, 3.05) is 12.3 Å². The highest BCUT2D eigenvalue weighted by Crippen LogP contribution is 2.10. The Morgan fingerprint density at radius 3 is 2.74 bits per heavy atom. The molecule has 0 aliphatic carbocycles. The van der Waals surface area contributed by atoms with Crippen LogP contribution in [0.3, 0.4) is 0 Å². The fraction of sp³-hybridized carbons (Fsp3) is 0.571. The second-order valence-electron chi connectivity index (χ2n) is 4.84. The molecule has 0 aliphatic heterocycles. The molecule has 5 heteroatoms. The highest BCUT2D eigenvalue weighted by Gasteiger charge is 2.08. The van der Waals surface area contributed by atoms with E-state index in [-0.39, 0.29) is 12.0 Å². The van der Waals surface area contributed by atoms with E-state index in [1.54, 1.807) is 31.1 Å². The molecule has 4 nitrogen and oxygen atoms in total. The number of nitrogens with one attached hydrogen (secondary N) is 1. The number of rotatable bonds is 8. The predicted molar refractivity (Wildman–Crippen MR) is 78.9 cm³/mol. The van der Waals surface area contributed by atoms with Crippen LogP contribution in [0.4, 0.5) is 0 Å². The van der Waals surface area contributed by atoms with E-state index in [2.05, 4.69) is 10.3 Å². The third-order valence-electron chi connectivity index (χ3n) is 2.64. The first-order chi connectivity index (χ1) is 9.08. The summed E-state index contributed by atoms with van der Waals surface area (Å²) in [6.45, 7) is 4.42. The Balaban J connectivity index is 2.11. The Morgan fingerprint density at radius 1 is 1.42 bits per heavy atom. The highest BCUT2D eigenvalue weighted by atomic mass is 32.2. The number of aliphatic hydroxyl groups excluding tert-OH is 1. The van der Waals surface area contributed by atoms with Gasteiger partial charge in [0.25, 0.3) is 0 Å². The van der Waals surface area contributed by atoms with Gasteiger partial charge in [-0.2, -0.15) is 0 Å². The molecular formula is C14H22N2O2S. The van der Waals surface area contributed by atoms with Crippen molar-refractivity contribution in [3.8, 4) is 0 Å². The van der Waals surface area contributed by atoms with E-state index in [4.69, 9.17) is 0 Å². The summed E-state index contributed by atoms with van der Waals surface area (Å²) in [7, 11) is 0. The van der Waals surface area contributed by atoms with Crippen LogP contribution in [0, 0.1) is 5.92 Å². The van der Waals surface area contributed by atoms with Gasteiger partial charge in [0, 0.05) is 24.7 Å². The molecule has 1 aromatic rings. The highest BCUT2D eigenvalue weighted by molar-refractivity contribution is 7.99. The molecule has 1 rings (SSSR count). The Kier molecular flexibility index (Phi) is 7.52. The van der Waals surface area contributed by atoms with Crippen molar-refractivity contribution in [3.05, 3.63) is 30.1 Å². The number of hydrogen-bond acceptors (Lipinski definition) is 4. The summed E-state index contributed by atoms with van der Waals surface area (Å²) in [5, 5.41) is 12.1. The SMILES string of the molecule is CC(O)CC(C)CNC(=O)CSCc1ccncc1. The normalized spacial score (nSPS) is 13.8. The first kappa shape index (κ1) is 16.0. The number of hydrogen-bond donors (Lipinski definition) is 2. The molecule has 1 heterocycles. The minimum absolute atomic E-state index is 0.0523. The molecule has 0 bridgehead atoms. The second kappa shape index (κ2) is 8.93. The number of thioether (sulfide) groups is 1. The number of nitrogens with zero attached hydrogens (tertiary/aromatic N) is 1. The van der Waals surface area contributed by atoms with E-state index in [9.17, 15) is 9.90 Å². The van der Waals surface area contributed by atoms with Crippen molar-refractivity contribution in [1.82, 2.24) is 10.3 Å². The summed E-state index contributed by atoms with van der Waals surface area (Å²) in [5.74, 6) is 1.63. The van der Waals surface area contributed by atoms with E-state index in [0.29, 0.717) is 24.6 Å². The molecule has 0 aromatic carbocycles. The summed E-state index contributed by atoms with van der Waals surface area (Å²) < 4.78 is 0. The van der Waals surface area contributed by atoms with Gasteiger partial charge in [0.15, 0.2) is 0 Å².